The van der Waals surface area contributed by atoms with Gasteiger partial charge in [0.25, 0.3) is 0 Å². The molecule has 0 spiro atoms. The summed E-state index contributed by atoms with van der Waals surface area (Å²) in [6, 6.07) is 0. The fourth-order valence-electron chi connectivity index (χ4n) is 1.03. The molecule has 0 nitrogen and oxygen atoms in total. The molecule has 6 heteroatoms. The first kappa shape index (κ1) is 16.7. The molecule has 0 N–H and O–H groups in total. The van der Waals surface area contributed by atoms with E-state index in [-0.39, 0.29) is 17.7 Å². The van der Waals surface area contributed by atoms with Gasteiger partial charge < -0.3 is 0 Å². The lowest BCUT2D eigenvalue weighted by molar-refractivity contribution is -0.129. The van der Waals surface area contributed by atoms with Crippen LogP contribution in [0.3, 0.4) is 0 Å². The summed E-state index contributed by atoms with van der Waals surface area (Å²) < 4.78 is 61.2. The van der Waals surface area contributed by atoms with Crippen LogP contribution in [-0.4, -0.2) is 23.9 Å². The van der Waals surface area contributed by atoms with E-state index in [1.165, 1.54) is 13.8 Å². The zero-order valence-corrected chi connectivity index (χ0v) is 10.7. The molecule has 102 valence electrons. The highest BCUT2D eigenvalue weighted by Crippen LogP contribution is 2.23. The first-order valence-electron chi connectivity index (χ1n) is 5.37. The molecule has 0 aliphatic carbocycles. The Morgan fingerprint density at radius 1 is 1.24 bits per heavy atom. The van der Waals surface area contributed by atoms with Crippen LogP contribution in [0.1, 0.15) is 33.1 Å². The molecule has 0 aromatic rings. The van der Waals surface area contributed by atoms with E-state index in [2.05, 4.69) is 0 Å². The summed E-state index contributed by atoms with van der Waals surface area (Å²) in [6.07, 6.45) is -5.74. The lowest BCUT2D eigenvalue weighted by Crippen LogP contribution is -2.08. The predicted molar refractivity (Wildman–Crippen MR) is 61.6 cm³/mol. The molecule has 0 bridgehead atoms. The summed E-state index contributed by atoms with van der Waals surface area (Å²) in [7, 11) is 0. The summed E-state index contributed by atoms with van der Waals surface area (Å²) >= 11 is 1.14. The molecular weight excluding hydrogens is 259 g/mol. The molecule has 0 amide bonds. The topological polar surface area (TPSA) is 0 Å². The van der Waals surface area contributed by atoms with Crippen molar-refractivity contribution in [2.75, 3.05) is 11.5 Å². The van der Waals surface area contributed by atoms with E-state index in [4.69, 9.17) is 0 Å². The summed E-state index contributed by atoms with van der Waals surface area (Å²) in [4.78, 5) is 0. The van der Waals surface area contributed by atoms with Gasteiger partial charge >= 0.3 is 6.18 Å². The van der Waals surface area contributed by atoms with Crippen LogP contribution in [0.4, 0.5) is 22.0 Å². The SMILES string of the molecule is C/C(=C(\F)CCCSCCC(F)(F)F)[C@@H](C)F. The average molecular weight is 276 g/mol. The fraction of sp³-hybridized carbons (Fsp3) is 0.818. The largest absolute Gasteiger partial charge is 0.389 e. The van der Waals surface area contributed by atoms with Crippen molar-refractivity contribution in [1.29, 1.82) is 0 Å². The van der Waals surface area contributed by atoms with Crippen molar-refractivity contribution in [1.82, 2.24) is 0 Å². The predicted octanol–water partition coefficient (Wildman–Crippen LogP) is 5.05. The Kier molecular flexibility index (Phi) is 7.83. The Bertz CT molecular complexity index is 245. The third-order valence-electron chi connectivity index (χ3n) is 2.24. The molecule has 0 aromatic heterocycles. The van der Waals surface area contributed by atoms with Gasteiger partial charge in [-0.1, -0.05) is 0 Å². The highest BCUT2D eigenvalue weighted by molar-refractivity contribution is 7.99. The van der Waals surface area contributed by atoms with Gasteiger partial charge in [0, 0.05) is 12.2 Å². The van der Waals surface area contributed by atoms with Crippen LogP contribution < -0.4 is 0 Å². The number of alkyl halides is 4. The maximum absolute atomic E-state index is 13.2. The number of allylic oxidation sites excluding steroid dienone is 2. The van der Waals surface area contributed by atoms with Crippen molar-refractivity contribution < 1.29 is 22.0 Å². The lowest BCUT2D eigenvalue weighted by atomic mass is 10.1. The fourth-order valence-corrected chi connectivity index (χ4v) is 1.96. The first-order valence-corrected chi connectivity index (χ1v) is 6.53. The van der Waals surface area contributed by atoms with Crippen molar-refractivity contribution in [2.24, 2.45) is 0 Å². The summed E-state index contributed by atoms with van der Waals surface area (Å²) in [6.45, 7) is 2.64. The quantitative estimate of drug-likeness (QED) is 0.463. The second-order valence-corrected chi connectivity index (χ2v) is 5.01. The number of hydrogen-bond acceptors (Lipinski definition) is 1. The van der Waals surface area contributed by atoms with Crippen LogP contribution in [-0.2, 0) is 0 Å². The maximum atomic E-state index is 13.2. The maximum Gasteiger partial charge on any atom is 0.389 e. The van der Waals surface area contributed by atoms with Crippen LogP contribution in [0.15, 0.2) is 11.4 Å². The van der Waals surface area contributed by atoms with Gasteiger partial charge in [0.15, 0.2) is 0 Å². The summed E-state index contributed by atoms with van der Waals surface area (Å²) in [5, 5.41) is 0. The molecule has 1 atom stereocenters. The molecule has 0 saturated carbocycles. The number of thioether (sulfide) groups is 1. The van der Waals surface area contributed by atoms with Gasteiger partial charge in [-0.2, -0.15) is 24.9 Å². The van der Waals surface area contributed by atoms with Crippen LogP contribution in [0, 0.1) is 0 Å². The van der Waals surface area contributed by atoms with Crippen molar-refractivity contribution in [3.05, 3.63) is 11.4 Å². The highest BCUT2D eigenvalue weighted by Gasteiger charge is 2.25. The van der Waals surface area contributed by atoms with Crippen molar-refractivity contribution in [3.63, 3.8) is 0 Å². The number of hydrogen-bond donors (Lipinski definition) is 0. The van der Waals surface area contributed by atoms with Gasteiger partial charge in [0.1, 0.15) is 12.0 Å². The first-order chi connectivity index (χ1) is 7.74. The van der Waals surface area contributed by atoms with E-state index >= 15 is 0 Å². The molecule has 0 rings (SSSR count). The van der Waals surface area contributed by atoms with Gasteiger partial charge in [-0.15, -0.1) is 0 Å². The average Bonchev–Trinajstić information content (AvgIpc) is 2.19. The van der Waals surface area contributed by atoms with Gasteiger partial charge in [-0.25, -0.2) is 8.78 Å². The van der Waals surface area contributed by atoms with Crippen molar-refractivity contribution in [3.8, 4) is 0 Å². The van der Waals surface area contributed by atoms with Gasteiger partial charge in [-0.3, -0.25) is 0 Å². The van der Waals surface area contributed by atoms with Crippen molar-refractivity contribution in [2.45, 2.75) is 45.5 Å². The van der Waals surface area contributed by atoms with Crippen LogP contribution in [0.25, 0.3) is 0 Å². The minimum atomic E-state index is -4.13. The van der Waals surface area contributed by atoms with E-state index in [1.807, 2.05) is 0 Å². The second kappa shape index (κ2) is 7.95. The molecule has 0 aliphatic heterocycles. The molecule has 0 heterocycles. The van der Waals surface area contributed by atoms with Crippen molar-refractivity contribution >= 4 is 11.8 Å². The molecule has 0 aliphatic rings. The van der Waals surface area contributed by atoms with E-state index in [9.17, 15) is 22.0 Å². The van der Waals surface area contributed by atoms with Crippen LogP contribution >= 0.6 is 11.8 Å². The molecule has 17 heavy (non-hydrogen) atoms. The number of halogens is 5. The Hall–Kier alpha value is -0.260. The Morgan fingerprint density at radius 3 is 2.29 bits per heavy atom. The van der Waals surface area contributed by atoms with E-state index in [0.717, 1.165) is 11.8 Å². The molecule has 0 saturated heterocycles. The van der Waals surface area contributed by atoms with Gasteiger partial charge in [0.2, 0.25) is 0 Å². The van der Waals surface area contributed by atoms with E-state index < -0.39 is 24.6 Å². The molecule has 0 unspecified atom stereocenters. The highest BCUT2D eigenvalue weighted by atomic mass is 32.2. The molecule has 0 fully saturated rings. The van der Waals surface area contributed by atoms with Crippen LogP contribution in [0.5, 0.6) is 0 Å². The smallest absolute Gasteiger partial charge is 0.243 e. The minimum absolute atomic E-state index is 0.00662. The summed E-state index contributed by atoms with van der Waals surface area (Å²) in [5.74, 6) is -0.0402. The molecule has 0 aromatic carbocycles. The van der Waals surface area contributed by atoms with Gasteiger partial charge in [0.05, 0.1) is 6.42 Å². The standard InChI is InChI=1S/C11H17F5S/c1-8(9(2)12)10(13)4-3-6-17-7-5-11(14,15)16/h9H,3-7H2,1-2H3/b10-8+/t9-/m1/s1. The van der Waals surface area contributed by atoms with E-state index in [0.29, 0.717) is 12.2 Å². The normalized spacial score (nSPS) is 15.7. The second-order valence-electron chi connectivity index (χ2n) is 3.79. The Labute approximate surface area is 103 Å². The van der Waals surface area contributed by atoms with Crippen LogP contribution in [0.2, 0.25) is 0 Å². The lowest BCUT2D eigenvalue weighted by Gasteiger charge is -2.07. The third-order valence-corrected chi connectivity index (χ3v) is 3.31. The zero-order valence-electron chi connectivity index (χ0n) is 9.91. The van der Waals surface area contributed by atoms with Gasteiger partial charge in [-0.05, 0) is 31.6 Å². The molecular formula is C11H17F5S. The van der Waals surface area contributed by atoms with E-state index in [1.54, 1.807) is 0 Å². The zero-order chi connectivity index (χ0) is 13.5. The molecule has 0 radical (unpaired) electrons. The summed E-state index contributed by atoms with van der Waals surface area (Å²) in [5.41, 5.74) is 0.0743. The Morgan fingerprint density at radius 2 is 1.82 bits per heavy atom. The Balaban J connectivity index is 3.63. The third kappa shape index (κ3) is 9.44. The monoisotopic (exact) mass is 276 g/mol. The minimum Gasteiger partial charge on any atom is -0.243 e. The number of rotatable bonds is 7.